The molecule has 0 atom stereocenters. The summed E-state index contributed by atoms with van der Waals surface area (Å²) >= 11 is 13.7. The monoisotopic (exact) mass is 449 g/mol. The van der Waals surface area contributed by atoms with Gasteiger partial charge in [0.1, 0.15) is 9.71 Å². The van der Waals surface area contributed by atoms with Gasteiger partial charge in [-0.2, -0.15) is 0 Å². The molecule has 0 spiro atoms. The number of carbonyl (C=O) groups is 1. The molecule has 3 aromatic rings. The molecule has 3 heterocycles. The number of hydrogen-bond acceptors (Lipinski definition) is 6. The van der Waals surface area contributed by atoms with Gasteiger partial charge in [-0.3, -0.25) is 4.79 Å². The molecular weight excluding hydrogens is 429 g/mol. The van der Waals surface area contributed by atoms with Crippen molar-refractivity contribution >= 4 is 62.0 Å². The van der Waals surface area contributed by atoms with Gasteiger partial charge in [-0.05, 0) is 30.2 Å². The lowest BCUT2D eigenvalue weighted by Crippen LogP contribution is -2.43. The van der Waals surface area contributed by atoms with Gasteiger partial charge in [0.05, 0.1) is 21.4 Å². The summed E-state index contributed by atoms with van der Waals surface area (Å²) in [6.45, 7) is 4.32. The normalized spacial score (nSPS) is 14.3. The highest BCUT2D eigenvalue weighted by molar-refractivity contribution is 7.21. The molecule has 0 radical (unpaired) electrons. The first kappa shape index (κ1) is 20.2. The molecule has 1 saturated heterocycles. The molecular formula is C20H21Cl2N5OS. The number of nitrogen functional groups attached to an aromatic ring is 1. The minimum Gasteiger partial charge on any atom is -0.397 e. The van der Waals surface area contributed by atoms with Crippen molar-refractivity contribution in [1.29, 1.82) is 0 Å². The Morgan fingerprint density at radius 3 is 2.83 bits per heavy atom. The van der Waals surface area contributed by atoms with Gasteiger partial charge in [-0.1, -0.05) is 29.3 Å². The molecule has 1 amide bonds. The number of nitrogens with two attached hydrogens (primary N) is 1. The van der Waals surface area contributed by atoms with E-state index in [1.54, 1.807) is 12.3 Å². The van der Waals surface area contributed by atoms with Crippen LogP contribution in [0.5, 0.6) is 0 Å². The number of thiophene rings is 1. The van der Waals surface area contributed by atoms with Crippen molar-refractivity contribution in [3.8, 4) is 0 Å². The fraction of sp³-hybridized carbons (Fsp3) is 0.300. The zero-order valence-corrected chi connectivity index (χ0v) is 18.0. The summed E-state index contributed by atoms with van der Waals surface area (Å²) in [4.78, 5) is 20.2. The number of anilines is 2. The number of amides is 1. The van der Waals surface area contributed by atoms with Gasteiger partial charge in [0.15, 0.2) is 0 Å². The van der Waals surface area contributed by atoms with Gasteiger partial charge in [-0.15, -0.1) is 11.3 Å². The third-order valence-electron chi connectivity index (χ3n) is 4.93. The number of pyridine rings is 1. The topological polar surface area (TPSA) is 83.3 Å². The molecule has 0 unspecified atom stereocenters. The summed E-state index contributed by atoms with van der Waals surface area (Å²) in [5.41, 5.74) is 8.68. The van der Waals surface area contributed by atoms with E-state index in [1.165, 1.54) is 11.3 Å². The van der Waals surface area contributed by atoms with Crippen LogP contribution in [0, 0.1) is 0 Å². The largest absolute Gasteiger partial charge is 0.397 e. The zero-order chi connectivity index (χ0) is 20.4. The maximum absolute atomic E-state index is 12.6. The number of nitrogens with zero attached hydrogens (tertiary/aromatic N) is 2. The second kappa shape index (κ2) is 8.75. The number of benzene rings is 1. The Morgan fingerprint density at radius 2 is 2.07 bits per heavy atom. The van der Waals surface area contributed by atoms with Crippen LogP contribution in [0.4, 0.5) is 11.4 Å². The summed E-state index contributed by atoms with van der Waals surface area (Å²) < 4.78 is 0. The number of halogens is 2. The number of piperazine rings is 1. The van der Waals surface area contributed by atoms with E-state index in [-0.39, 0.29) is 5.91 Å². The SMILES string of the molecule is Nc1c(C(=O)NCCc2ccc(N3CCNCC3)c(Cl)c2)sc2ncc(Cl)cc12. The molecule has 4 N–H and O–H groups in total. The van der Waals surface area contributed by atoms with Crippen LogP contribution in [-0.4, -0.2) is 43.6 Å². The second-order valence-electron chi connectivity index (χ2n) is 6.88. The lowest BCUT2D eigenvalue weighted by atomic mass is 10.1. The molecule has 6 nitrogen and oxygen atoms in total. The van der Waals surface area contributed by atoms with Gasteiger partial charge in [0.25, 0.3) is 5.91 Å². The van der Waals surface area contributed by atoms with E-state index in [2.05, 4.69) is 32.7 Å². The van der Waals surface area contributed by atoms with Crippen LogP contribution in [0.25, 0.3) is 10.2 Å². The van der Waals surface area contributed by atoms with Gasteiger partial charge in [-0.25, -0.2) is 4.98 Å². The van der Waals surface area contributed by atoms with Gasteiger partial charge in [0.2, 0.25) is 0 Å². The molecule has 29 heavy (non-hydrogen) atoms. The predicted octanol–water partition coefficient (Wildman–Crippen LogP) is 3.57. The standard InChI is InChI=1S/C20H21Cl2N5OS/c21-13-10-14-17(23)18(29-20(14)26-11-13)19(28)25-4-3-12-1-2-16(15(22)9-12)27-7-5-24-6-8-27/h1-2,9-11,24H,3-8,23H2,(H,25,28). The molecule has 9 heteroatoms. The summed E-state index contributed by atoms with van der Waals surface area (Å²) in [5.74, 6) is -0.204. The average Bonchev–Trinajstić information content (AvgIpc) is 3.05. The van der Waals surface area contributed by atoms with Gasteiger partial charge in [0, 0.05) is 44.3 Å². The third kappa shape index (κ3) is 4.43. The van der Waals surface area contributed by atoms with Gasteiger partial charge < -0.3 is 21.3 Å². The Morgan fingerprint density at radius 1 is 1.28 bits per heavy atom. The summed E-state index contributed by atoms with van der Waals surface area (Å²) in [5, 5.41) is 8.22. The van der Waals surface area contributed by atoms with Crippen LogP contribution in [0.3, 0.4) is 0 Å². The fourth-order valence-electron chi connectivity index (χ4n) is 3.41. The van der Waals surface area contributed by atoms with Crippen molar-refractivity contribution in [2.75, 3.05) is 43.4 Å². The zero-order valence-electron chi connectivity index (χ0n) is 15.7. The highest BCUT2D eigenvalue weighted by Gasteiger charge is 2.17. The molecule has 0 aliphatic carbocycles. The number of carbonyl (C=O) groups excluding carboxylic acids is 1. The summed E-state index contributed by atoms with van der Waals surface area (Å²) in [7, 11) is 0. The van der Waals surface area contributed by atoms with Crippen molar-refractivity contribution in [3.63, 3.8) is 0 Å². The van der Waals surface area contributed by atoms with Crippen molar-refractivity contribution in [1.82, 2.24) is 15.6 Å². The Balaban J connectivity index is 1.38. The van der Waals surface area contributed by atoms with Crippen LogP contribution in [0.2, 0.25) is 10.0 Å². The van der Waals surface area contributed by atoms with E-state index < -0.39 is 0 Å². The highest BCUT2D eigenvalue weighted by Crippen LogP contribution is 2.33. The van der Waals surface area contributed by atoms with Crippen LogP contribution in [0.1, 0.15) is 15.2 Å². The molecule has 0 saturated carbocycles. The lowest BCUT2D eigenvalue weighted by molar-refractivity contribution is 0.0959. The number of hydrogen-bond donors (Lipinski definition) is 3. The van der Waals surface area contributed by atoms with Gasteiger partial charge >= 0.3 is 0 Å². The first-order valence-corrected chi connectivity index (χ1v) is 11.0. The maximum Gasteiger partial charge on any atom is 0.263 e. The van der Waals surface area contributed by atoms with Crippen LogP contribution in [0.15, 0.2) is 30.5 Å². The van der Waals surface area contributed by atoms with Crippen LogP contribution >= 0.6 is 34.5 Å². The van der Waals surface area contributed by atoms with E-state index >= 15 is 0 Å². The van der Waals surface area contributed by atoms with Crippen molar-refractivity contribution < 1.29 is 4.79 Å². The minimum absolute atomic E-state index is 0.204. The maximum atomic E-state index is 12.6. The number of fused-ring (bicyclic) bond motifs is 1. The smallest absolute Gasteiger partial charge is 0.263 e. The molecule has 4 rings (SSSR count). The van der Waals surface area contributed by atoms with Crippen molar-refractivity contribution in [2.45, 2.75) is 6.42 Å². The van der Waals surface area contributed by atoms with E-state index in [0.717, 1.165) is 42.5 Å². The lowest BCUT2D eigenvalue weighted by Gasteiger charge is -2.30. The molecule has 1 fully saturated rings. The summed E-state index contributed by atoms with van der Waals surface area (Å²) in [6, 6.07) is 7.83. The quantitative estimate of drug-likeness (QED) is 0.554. The predicted molar refractivity (Wildman–Crippen MR) is 122 cm³/mol. The molecule has 1 aliphatic rings. The van der Waals surface area contributed by atoms with Crippen molar-refractivity contribution in [2.24, 2.45) is 0 Å². The van der Waals surface area contributed by atoms with Crippen molar-refractivity contribution in [3.05, 3.63) is 50.9 Å². The molecule has 1 aromatic carbocycles. The van der Waals surface area contributed by atoms with E-state index in [4.69, 9.17) is 28.9 Å². The van der Waals surface area contributed by atoms with E-state index in [1.807, 2.05) is 6.07 Å². The molecule has 2 aromatic heterocycles. The van der Waals surface area contributed by atoms with Crippen LogP contribution < -0.4 is 21.3 Å². The number of aromatic nitrogens is 1. The second-order valence-corrected chi connectivity index (χ2v) is 8.72. The number of rotatable bonds is 5. The van der Waals surface area contributed by atoms with E-state index in [9.17, 15) is 4.79 Å². The highest BCUT2D eigenvalue weighted by atomic mass is 35.5. The molecule has 1 aliphatic heterocycles. The number of nitrogens with one attached hydrogen (secondary N) is 2. The van der Waals surface area contributed by atoms with Crippen LogP contribution in [-0.2, 0) is 6.42 Å². The first-order chi connectivity index (χ1) is 14.0. The Kier molecular flexibility index (Phi) is 6.10. The Labute approximate surface area is 183 Å². The third-order valence-corrected chi connectivity index (χ3v) is 6.56. The van der Waals surface area contributed by atoms with E-state index in [0.29, 0.717) is 38.8 Å². The fourth-order valence-corrected chi connectivity index (χ4v) is 4.86. The average molecular weight is 450 g/mol. The minimum atomic E-state index is -0.204. The molecule has 0 bridgehead atoms. The first-order valence-electron chi connectivity index (χ1n) is 9.39. The summed E-state index contributed by atoms with van der Waals surface area (Å²) in [6.07, 6.45) is 2.23. The molecule has 152 valence electrons. The Bertz CT molecular complexity index is 1050. The Hall–Kier alpha value is -2.06.